The van der Waals surface area contributed by atoms with E-state index in [1.54, 1.807) is 24.3 Å². The number of hydrogen-bond acceptors (Lipinski definition) is 4. The van der Waals surface area contributed by atoms with E-state index in [4.69, 9.17) is 9.84 Å². The number of aliphatic hydroxyl groups is 1. The van der Waals surface area contributed by atoms with Crippen molar-refractivity contribution in [1.29, 1.82) is 0 Å². The van der Waals surface area contributed by atoms with E-state index in [9.17, 15) is 9.90 Å². The Morgan fingerprint density at radius 2 is 2.17 bits per heavy atom. The average molecular weight is 313 g/mol. The molecule has 0 spiro atoms. The van der Waals surface area contributed by atoms with E-state index in [2.05, 4.69) is 0 Å². The first-order valence-electron chi connectivity index (χ1n) is 7.50. The highest BCUT2D eigenvalue weighted by Crippen LogP contribution is 2.36. The minimum absolute atomic E-state index is 0.126. The van der Waals surface area contributed by atoms with Crippen molar-refractivity contribution in [3.05, 3.63) is 70.8 Å². The number of nitrogens with zero attached hydrogens (tertiary/aromatic N) is 1. The van der Waals surface area contributed by atoms with Gasteiger partial charge in [-0.1, -0.05) is 25.1 Å². The van der Waals surface area contributed by atoms with Crippen molar-refractivity contribution in [2.45, 2.75) is 19.6 Å². The normalized spacial score (nSPS) is 23.7. The molecular formula is C18H19NO4. The van der Waals surface area contributed by atoms with Crippen molar-refractivity contribution in [3.8, 4) is 0 Å². The molecule has 23 heavy (non-hydrogen) atoms. The molecule has 0 aromatic heterocycles. The maximum atomic E-state index is 11.1. The molecule has 1 aromatic rings. The molecule has 5 heteroatoms. The number of carbonyl (C=O) groups is 1. The highest BCUT2D eigenvalue weighted by molar-refractivity contribution is 5.87. The molecule has 0 amide bonds. The van der Waals surface area contributed by atoms with Gasteiger partial charge in [0, 0.05) is 30.3 Å². The molecule has 2 unspecified atom stereocenters. The van der Waals surface area contributed by atoms with E-state index >= 15 is 0 Å². The molecule has 2 atom stereocenters. The van der Waals surface area contributed by atoms with Crippen molar-refractivity contribution in [2.75, 3.05) is 7.05 Å². The van der Waals surface area contributed by atoms with E-state index in [-0.39, 0.29) is 17.7 Å². The molecule has 0 bridgehead atoms. The fourth-order valence-corrected chi connectivity index (χ4v) is 2.71. The molecule has 0 saturated heterocycles. The number of rotatable bonds is 3. The van der Waals surface area contributed by atoms with Crippen LogP contribution in [0.3, 0.4) is 0 Å². The maximum absolute atomic E-state index is 11.1. The summed E-state index contributed by atoms with van der Waals surface area (Å²) < 4.78 is 5.99. The van der Waals surface area contributed by atoms with Gasteiger partial charge in [-0.05, 0) is 24.6 Å². The zero-order valence-corrected chi connectivity index (χ0v) is 13.1. The third kappa shape index (κ3) is 2.95. The number of aromatic carboxylic acids is 1. The van der Waals surface area contributed by atoms with Gasteiger partial charge in [0.1, 0.15) is 5.76 Å². The minimum atomic E-state index is -0.961. The number of allylic oxidation sites excluding steroid dienone is 3. The van der Waals surface area contributed by atoms with Crippen molar-refractivity contribution >= 4 is 5.97 Å². The molecule has 0 saturated carbocycles. The third-order valence-electron chi connectivity index (χ3n) is 4.13. The molecule has 1 aliphatic carbocycles. The summed E-state index contributed by atoms with van der Waals surface area (Å²) in [6, 6.07) is 6.72. The zero-order valence-electron chi connectivity index (χ0n) is 13.1. The highest BCUT2D eigenvalue weighted by Gasteiger charge is 2.28. The largest absolute Gasteiger partial charge is 0.512 e. The van der Waals surface area contributed by atoms with Gasteiger partial charge in [-0.2, -0.15) is 0 Å². The van der Waals surface area contributed by atoms with Crippen LogP contribution in [0.1, 0.15) is 35.5 Å². The molecule has 0 fully saturated rings. The van der Waals surface area contributed by atoms with Crippen LogP contribution in [0.25, 0.3) is 0 Å². The fraction of sp³-hybridized carbons (Fsp3) is 0.278. The van der Waals surface area contributed by atoms with Gasteiger partial charge in [0.2, 0.25) is 0 Å². The van der Waals surface area contributed by atoms with Gasteiger partial charge in [-0.25, -0.2) is 4.79 Å². The fourth-order valence-electron chi connectivity index (χ4n) is 2.71. The van der Waals surface area contributed by atoms with Gasteiger partial charge in [0.25, 0.3) is 0 Å². The van der Waals surface area contributed by atoms with Crippen LogP contribution in [0.5, 0.6) is 0 Å². The molecule has 120 valence electrons. The Balaban J connectivity index is 1.82. The van der Waals surface area contributed by atoms with Gasteiger partial charge in [-0.3, -0.25) is 0 Å². The second-order valence-corrected chi connectivity index (χ2v) is 5.93. The Hall–Kier alpha value is -2.69. The Bertz CT molecular complexity index is 732. The Morgan fingerprint density at radius 3 is 2.87 bits per heavy atom. The van der Waals surface area contributed by atoms with Crippen molar-refractivity contribution < 1.29 is 19.7 Å². The standard InChI is InChI=1S/C18H19NO4/c1-11-6-7-12(9-15(11)20)16-10-19(2)17(23-16)13-4-3-5-14(8-13)18(21)22/h3-5,7-11,17,20H,6H2,1-2H3,(H,21,22). The predicted octanol–water partition coefficient (Wildman–Crippen LogP) is 3.59. The summed E-state index contributed by atoms with van der Waals surface area (Å²) in [6.07, 6.45) is 6.02. The smallest absolute Gasteiger partial charge is 0.335 e. The van der Waals surface area contributed by atoms with Gasteiger partial charge < -0.3 is 19.8 Å². The average Bonchev–Trinajstić information content (AvgIpc) is 2.92. The lowest BCUT2D eigenvalue weighted by Gasteiger charge is -2.21. The Morgan fingerprint density at radius 1 is 1.39 bits per heavy atom. The summed E-state index contributed by atoms with van der Waals surface area (Å²) in [7, 11) is 1.88. The van der Waals surface area contributed by atoms with Crippen LogP contribution in [0.4, 0.5) is 0 Å². The van der Waals surface area contributed by atoms with Gasteiger partial charge in [-0.15, -0.1) is 0 Å². The maximum Gasteiger partial charge on any atom is 0.335 e. The summed E-state index contributed by atoms with van der Waals surface area (Å²) in [5.41, 5.74) is 1.86. The van der Waals surface area contributed by atoms with Crippen LogP contribution in [0, 0.1) is 5.92 Å². The van der Waals surface area contributed by atoms with E-state index in [0.717, 1.165) is 17.6 Å². The van der Waals surface area contributed by atoms with E-state index in [1.807, 2.05) is 37.2 Å². The number of carboxylic acid groups (broad SMARTS) is 1. The van der Waals surface area contributed by atoms with E-state index < -0.39 is 5.97 Å². The number of aliphatic hydroxyl groups excluding tert-OH is 1. The van der Waals surface area contributed by atoms with Crippen LogP contribution in [0.15, 0.2) is 59.7 Å². The predicted molar refractivity (Wildman–Crippen MR) is 85.6 cm³/mol. The molecule has 1 heterocycles. The minimum Gasteiger partial charge on any atom is -0.512 e. The molecule has 2 N–H and O–H groups in total. The number of ether oxygens (including phenoxy) is 1. The molecule has 5 nitrogen and oxygen atoms in total. The molecule has 1 aliphatic heterocycles. The van der Waals surface area contributed by atoms with Gasteiger partial charge >= 0.3 is 5.97 Å². The van der Waals surface area contributed by atoms with Crippen molar-refractivity contribution in [1.82, 2.24) is 4.90 Å². The molecular weight excluding hydrogens is 294 g/mol. The molecule has 0 radical (unpaired) electrons. The summed E-state index contributed by atoms with van der Waals surface area (Å²) in [5.74, 6) is 0.196. The first kappa shape index (κ1) is 15.2. The molecule has 3 rings (SSSR count). The third-order valence-corrected chi connectivity index (χ3v) is 4.13. The first-order chi connectivity index (χ1) is 11.0. The van der Waals surface area contributed by atoms with Crippen molar-refractivity contribution in [3.63, 3.8) is 0 Å². The summed E-state index contributed by atoms with van der Waals surface area (Å²) in [5, 5.41) is 19.0. The Labute approximate surface area is 134 Å². The quantitative estimate of drug-likeness (QED) is 0.892. The van der Waals surface area contributed by atoms with Gasteiger partial charge in [0.05, 0.1) is 11.3 Å². The number of carboxylic acids is 1. The summed E-state index contributed by atoms with van der Waals surface area (Å²) >= 11 is 0. The SMILES string of the molecule is CC1CC=C(C2=CN(C)C(c3cccc(C(=O)O)c3)O2)C=C1O. The first-order valence-corrected chi connectivity index (χ1v) is 7.50. The highest BCUT2D eigenvalue weighted by atomic mass is 16.5. The number of hydrogen-bond donors (Lipinski definition) is 2. The summed E-state index contributed by atoms with van der Waals surface area (Å²) in [4.78, 5) is 13.0. The van der Waals surface area contributed by atoms with Crippen LogP contribution in [0.2, 0.25) is 0 Å². The Kier molecular flexibility index (Phi) is 3.86. The topological polar surface area (TPSA) is 70.0 Å². The lowest BCUT2D eigenvalue weighted by atomic mass is 9.96. The van der Waals surface area contributed by atoms with Crippen LogP contribution in [-0.2, 0) is 4.74 Å². The van der Waals surface area contributed by atoms with E-state index in [0.29, 0.717) is 11.5 Å². The second-order valence-electron chi connectivity index (χ2n) is 5.93. The zero-order chi connectivity index (χ0) is 16.6. The lowest BCUT2D eigenvalue weighted by molar-refractivity contribution is 0.0601. The van der Waals surface area contributed by atoms with Crippen LogP contribution in [-0.4, -0.2) is 28.1 Å². The molecule has 2 aliphatic rings. The van der Waals surface area contributed by atoms with Gasteiger partial charge in [0.15, 0.2) is 6.23 Å². The monoisotopic (exact) mass is 313 g/mol. The number of benzene rings is 1. The molecule has 1 aromatic carbocycles. The van der Waals surface area contributed by atoms with Crippen LogP contribution < -0.4 is 0 Å². The lowest BCUT2D eigenvalue weighted by Crippen LogP contribution is -2.16. The second kappa shape index (κ2) is 5.83. The van der Waals surface area contributed by atoms with E-state index in [1.165, 1.54) is 0 Å². The summed E-state index contributed by atoms with van der Waals surface area (Å²) in [6.45, 7) is 1.97. The van der Waals surface area contributed by atoms with Crippen molar-refractivity contribution in [2.24, 2.45) is 5.92 Å². The van der Waals surface area contributed by atoms with Crippen LogP contribution >= 0.6 is 0 Å².